The molecule has 1 aliphatic heterocycles. The number of ether oxygens (including phenoxy) is 1. The van der Waals surface area contributed by atoms with Crippen molar-refractivity contribution in [2.45, 2.75) is 25.0 Å². The molecule has 1 heterocycles. The predicted octanol–water partition coefficient (Wildman–Crippen LogP) is 1.01. The van der Waals surface area contributed by atoms with Crippen LogP contribution in [0.2, 0.25) is 5.02 Å². The van der Waals surface area contributed by atoms with E-state index in [2.05, 4.69) is 5.32 Å². The molecule has 0 radical (unpaired) electrons. The maximum Gasteiger partial charge on any atom is 0.332 e. The molecule has 0 bridgehead atoms. The monoisotopic (exact) mass is 312 g/mol. The van der Waals surface area contributed by atoms with Gasteiger partial charge in [0.1, 0.15) is 6.10 Å². The van der Waals surface area contributed by atoms with Crippen molar-refractivity contribution in [3.05, 3.63) is 28.8 Å². The number of nitrogens with one attached hydrogen (secondary N) is 1. The van der Waals surface area contributed by atoms with Crippen molar-refractivity contribution in [1.29, 1.82) is 0 Å². The Kier molecular flexibility index (Phi) is 4.44. The van der Waals surface area contributed by atoms with Gasteiger partial charge < -0.3 is 20.9 Å². The summed E-state index contributed by atoms with van der Waals surface area (Å²) in [4.78, 5) is 33.9. The fourth-order valence-electron chi connectivity index (χ4n) is 2.03. The van der Waals surface area contributed by atoms with Crippen molar-refractivity contribution in [2.24, 2.45) is 5.73 Å². The Balaban J connectivity index is 2.05. The third-order valence-corrected chi connectivity index (χ3v) is 3.42. The molecule has 0 spiro atoms. The number of primary amides is 1. The molecule has 21 heavy (non-hydrogen) atoms. The van der Waals surface area contributed by atoms with Crippen LogP contribution in [0.15, 0.2) is 18.2 Å². The maximum absolute atomic E-state index is 12.0. The molecule has 2 atom stereocenters. The Morgan fingerprint density at radius 2 is 1.95 bits per heavy atom. The zero-order chi connectivity index (χ0) is 15.6. The fourth-order valence-corrected chi connectivity index (χ4v) is 2.24. The summed E-state index contributed by atoms with van der Waals surface area (Å²) >= 11 is 5.81. The van der Waals surface area contributed by atoms with Crippen molar-refractivity contribution in [3.63, 3.8) is 0 Å². The topological polar surface area (TPSA) is 119 Å². The lowest BCUT2D eigenvalue weighted by Gasteiger charge is -2.12. The van der Waals surface area contributed by atoms with Crippen molar-refractivity contribution < 1.29 is 24.2 Å². The highest BCUT2D eigenvalue weighted by atomic mass is 35.5. The molecule has 0 unspecified atom stereocenters. The maximum atomic E-state index is 12.0. The number of anilines is 1. The first-order valence-electron chi connectivity index (χ1n) is 6.17. The number of hydrogen-bond acceptors (Lipinski definition) is 4. The zero-order valence-corrected chi connectivity index (χ0v) is 11.6. The summed E-state index contributed by atoms with van der Waals surface area (Å²) in [5.41, 5.74) is 5.58. The van der Waals surface area contributed by atoms with E-state index in [1.54, 1.807) is 0 Å². The third kappa shape index (κ3) is 3.50. The largest absolute Gasteiger partial charge is 0.479 e. The van der Waals surface area contributed by atoms with Crippen LogP contribution < -0.4 is 11.1 Å². The van der Waals surface area contributed by atoms with E-state index in [1.165, 1.54) is 18.2 Å². The van der Waals surface area contributed by atoms with Gasteiger partial charge in [-0.3, -0.25) is 9.59 Å². The van der Waals surface area contributed by atoms with Gasteiger partial charge in [0, 0.05) is 5.69 Å². The average molecular weight is 313 g/mol. The quantitative estimate of drug-likeness (QED) is 0.766. The molecule has 1 aliphatic rings. The number of nitrogens with two attached hydrogens (primary N) is 1. The van der Waals surface area contributed by atoms with Gasteiger partial charge in [0.05, 0.1) is 10.6 Å². The van der Waals surface area contributed by atoms with Crippen LogP contribution in [-0.4, -0.2) is 35.1 Å². The molecule has 1 aromatic carbocycles. The lowest BCUT2D eigenvalue weighted by atomic mass is 10.1. The van der Waals surface area contributed by atoms with Gasteiger partial charge in [-0.05, 0) is 31.0 Å². The predicted molar refractivity (Wildman–Crippen MR) is 74.1 cm³/mol. The molecule has 0 aliphatic carbocycles. The third-order valence-electron chi connectivity index (χ3n) is 3.09. The first-order valence-corrected chi connectivity index (χ1v) is 6.54. The first-order chi connectivity index (χ1) is 9.88. The van der Waals surface area contributed by atoms with Crippen LogP contribution in [0.4, 0.5) is 5.69 Å². The van der Waals surface area contributed by atoms with Crippen LogP contribution in [0.3, 0.4) is 0 Å². The molecule has 112 valence electrons. The van der Waals surface area contributed by atoms with Gasteiger partial charge in [0.15, 0.2) is 6.10 Å². The van der Waals surface area contributed by atoms with Gasteiger partial charge >= 0.3 is 5.97 Å². The van der Waals surface area contributed by atoms with E-state index in [1.807, 2.05) is 0 Å². The summed E-state index contributed by atoms with van der Waals surface area (Å²) in [6.07, 6.45) is -1.20. The molecule has 1 fully saturated rings. The summed E-state index contributed by atoms with van der Waals surface area (Å²) in [6.45, 7) is 0. The standard InChI is InChI=1S/C13H13ClN2O5/c14-8-2-1-6(5-7(8)11(15)17)16-12(18)9-3-4-10(21-9)13(19)20/h1-2,5,9-10H,3-4H2,(H2,15,17)(H,16,18)(H,19,20)/t9-,10+/m0/s1. The second-order valence-electron chi connectivity index (χ2n) is 4.58. The van der Waals surface area contributed by atoms with Crippen molar-refractivity contribution >= 4 is 35.1 Å². The van der Waals surface area contributed by atoms with Gasteiger partial charge in [-0.1, -0.05) is 11.6 Å². The van der Waals surface area contributed by atoms with Gasteiger partial charge in [-0.25, -0.2) is 4.79 Å². The Labute approximate surface area is 125 Å². The molecule has 4 N–H and O–H groups in total. The Bertz CT molecular complexity index is 604. The SMILES string of the molecule is NC(=O)c1cc(NC(=O)[C@@H]2CC[C@H](C(=O)O)O2)ccc1Cl. The second-order valence-corrected chi connectivity index (χ2v) is 4.98. The molecular formula is C13H13ClN2O5. The highest BCUT2D eigenvalue weighted by Gasteiger charge is 2.34. The second kappa shape index (κ2) is 6.11. The van der Waals surface area contributed by atoms with Crippen molar-refractivity contribution in [1.82, 2.24) is 0 Å². The summed E-state index contributed by atoms with van der Waals surface area (Å²) < 4.78 is 5.13. The number of rotatable bonds is 4. The summed E-state index contributed by atoms with van der Waals surface area (Å²) in [5, 5.41) is 11.5. The van der Waals surface area contributed by atoms with E-state index >= 15 is 0 Å². The number of carboxylic acid groups (broad SMARTS) is 1. The number of carboxylic acids is 1. The number of carbonyl (C=O) groups excluding carboxylic acids is 2. The Morgan fingerprint density at radius 1 is 1.29 bits per heavy atom. The number of aliphatic carboxylic acids is 1. The lowest BCUT2D eigenvalue weighted by Crippen LogP contribution is -2.30. The molecule has 1 aromatic rings. The molecule has 0 saturated carbocycles. The van der Waals surface area contributed by atoms with Crippen LogP contribution in [0, 0.1) is 0 Å². The lowest BCUT2D eigenvalue weighted by molar-refractivity contribution is -0.150. The van der Waals surface area contributed by atoms with Crippen molar-refractivity contribution in [3.8, 4) is 0 Å². The van der Waals surface area contributed by atoms with Crippen LogP contribution in [0.25, 0.3) is 0 Å². The molecule has 8 heteroatoms. The van der Waals surface area contributed by atoms with Crippen molar-refractivity contribution in [2.75, 3.05) is 5.32 Å². The minimum absolute atomic E-state index is 0.0882. The van der Waals surface area contributed by atoms with Crippen LogP contribution in [0.1, 0.15) is 23.2 Å². The van der Waals surface area contributed by atoms with E-state index in [0.717, 1.165) is 0 Å². The van der Waals surface area contributed by atoms with Gasteiger partial charge in [-0.15, -0.1) is 0 Å². The molecule has 1 saturated heterocycles. The van der Waals surface area contributed by atoms with Crippen LogP contribution >= 0.6 is 11.6 Å². The smallest absolute Gasteiger partial charge is 0.332 e. The van der Waals surface area contributed by atoms with Gasteiger partial charge in [0.2, 0.25) is 5.91 Å². The molecular weight excluding hydrogens is 300 g/mol. The summed E-state index contributed by atoms with van der Waals surface area (Å²) in [6, 6.07) is 4.30. The highest BCUT2D eigenvalue weighted by molar-refractivity contribution is 6.34. The van der Waals surface area contributed by atoms with Gasteiger partial charge in [-0.2, -0.15) is 0 Å². The first kappa shape index (κ1) is 15.3. The molecule has 0 aromatic heterocycles. The van der Waals surface area contributed by atoms with Crippen LogP contribution in [-0.2, 0) is 14.3 Å². The minimum Gasteiger partial charge on any atom is -0.479 e. The fraction of sp³-hybridized carbons (Fsp3) is 0.308. The van der Waals surface area contributed by atoms with E-state index < -0.39 is 30.0 Å². The molecule has 2 rings (SSSR count). The normalized spacial score (nSPS) is 21.0. The Morgan fingerprint density at radius 3 is 2.52 bits per heavy atom. The number of hydrogen-bond donors (Lipinski definition) is 3. The van der Waals surface area contributed by atoms with Crippen LogP contribution in [0.5, 0.6) is 0 Å². The average Bonchev–Trinajstić information content (AvgIpc) is 2.90. The number of amides is 2. The number of carbonyl (C=O) groups is 3. The van der Waals surface area contributed by atoms with Gasteiger partial charge in [0.25, 0.3) is 5.91 Å². The van der Waals surface area contributed by atoms with E-state index in [9.17, 15) is 14.4 Å². The molecule has 2 amide bonds. The minimum atomic E-state index is -1.09. The summed E-state index contributed by atoms with van der Waals surface area (Å²) in [7, 11) is 0. The highest BCUT2D eigenvalue weighted by Crippen LogP contribution is 2.23. The number of halogens is 1. The van der Waals surface area contributed by atoms with E-state index in [0.29, 0.717) is 12.1 Å². The molecule has 7 nitrogen and oxygen atoms in total. The van der Waals surface area contributed by atoms with E-state index in [-0.39, 0.29) is 17.0 Å². The Hall–Kier alpha value is -2.12. The van der Waals surface area contributed by atoms with E-state index in [4.69, 9.17) is 27.2 Å². The number of benzene rings is 1. The summed E-state index contributed by atoms with van der Waals surface area (Å²) in [5.74, 6) is -2.27. The zero-order valence-electron chi connectivity index (χ0n) is 10.8.